The molecule has 0 bridgehead atoms. The fourth-order valence-corrected chi connectivity index (χ4v) is 4.30. The van der Waals surface area contributed by atoms with Crippen LogP contribution >= 0.6 is 15.9 Å². The van der Waals surface area contributed by atoms with Crippen LogP contribution in [0.2, 0.25) is 0 Å². The van der Waals surface area contributed by atoms with E-state index >= 15 is 0 Å². The van der Waals surface area contributed by atoms with Gasteiger partial charge in [-0.3, -0.25) is 4.79 Å². The van der Waals surface area contributed by atoms with Crippen LogP contribution in [0.5, 0.6) is 17.2 Å². The molecule has 0 aromatic heterocycles. The number of likely N-dealkylation sites (tertiary alicyclic amines) is 1. The molecule has 3 atom stereocenters. The Morgan fingerprint density at radius 3 is 2.69 bits per heavy atom. The van der Waals surface area contributed by atoms with Crippen molar-refractivity contribution in [3.63, 3.8) is 0 Å². The molecule has 2 aromatic carbocycles. The molecule has 2 aliphatic rings. The standard InChI is InChI=1S/C22H24BrNO5/c1-26-15-8-9-18(19(12-15)27-2)20-21(29-16-6-3-5-14(23)11-16)22(25)24(20)13-17-7-4-10-28-17/h3,5-6,8-9,11-12,17,20-21H,4,7,10,13H2,1-2H3/t17-,20-,21-/m1/s1. The maximum atomic E-state index is 13.0. The van der Waals surface area contributed by atoms with Gasteiger partial charge in [-0.05, 0) is 43.2 Å². The molecule has 154 valence electrons. The number of carbonyl (C=O) groups excluding carboxylic acids is 1. The smallest absolute Gasteiger partial charge is 0.266 e. The van der Waals surface area contributed by atoms with E-state index < -0.39 is 6.10 Å². The lowest BCUT2D eigenvalue weighted by molar-refractivity contribution is -0.167. The van der Waals surface area contributed by atoms with E-state index in [0.717, 1.165) is 29.5 Å². The van der Waals surface area contributed by atoms with Crippen molar-refractivity contribution < 1.29 is 23.7 Å². The van der Waals surface area contributed by atoms with E-state index in [1.165, 1.54) is 0 Å². The lowest BCUT2D eigenvalue weighted by atomic mass is 9.89. The van der Waals surface area contributed by atoms with E-state index in [1.807, 2.05) is 47.4 Å². The first kappa shape index (κ1) is 20.0. The van der Waals surface area contributed by atoms with Gasteiger partial charge in [0.15, 0.2) is 0 Å². The Hall–Kier alpha value is -2.25. The van der Waals surface area contributed by atoms with E-state index in [4.69, 9.17) is 18.9 Å². The summed E-state index contributed by atoms with van der Waals surface area (Å²) in [7, 11) is 3.23. The van der Waals surface area contributed by atoms with Crippen molar-refractivity contribution in [3.05, 3.63) is 52.5 Å². The van der Waals surface area contributed by atoms with Crippen molar-refractivity contribution in [2.24, 2.45) is 0 Å². The van der Waals surface area contributed by atoms with Crippen LogP contribution in [0.15, 0.2) is 46.9 Å². The average molecular weight is 462 g/mol. The number of rotatable bonds is 7. The zero-order valence-corrected chi connectivity index (χ0v) is 18.1. The maximum Gasteiger partial charge on any atom is 0.266 e. The third-order valence-corrected chi connectivity index (χ3v) is 5.89. The van der Waals surface area contributed by atoms with Crippen LogP contribution < -0.4 is 14.2 Å². The predicted octanol–water partition coefficient (Wildman–Crippen LogP) is 3.98. The summed E-state index contributed by atoms with van der Waals surface area (Å²) in [5.74, 6) is 1.98. The minimum absolute atomic E-state index is 0.0386. The second-order valence-corrected chi connectivity index (χ2v) is 8.09. The summed E-state index contributed by atoms with van der Waals surface area (Å²) >= 11 is 3.45. The van der Waals surface area contributed by atoms with Crippen molar-refractivity contribution >= 4 is 21.8 Å². The van der Waals surface area contributed by atoms with Gasteiger partial charge in [0, 0.05) is 29.3 Å². The highest BCUT2D eigenvalue weighted by atomic mass is 79.9. The SMILES string of the molecule is COc1ccc([C@@H]2[C@@H](Oc3cccc(Br)c3)C(=O)N2C[C@H]2CCCO2)c(OC)c1. The fourth-order valence-electron chi connectivity index (χ4n) is 3.92. The Balaban J connectivity index is 1.64. The van der Waals surface area contributed by atoms with Crippen molar-refractivity contribution in [2.45, 2.75) is 31.1 Å². The summed E-state index contributed by atoms with van der Waals surface area (Å²) in [5.41, 5.74) is 0.894. The molecule has 2 heterocycles. The maximum absolute atomic E-state index is 13.0. The van der Waals surface area contributed by atoms with Crippen molar-refractivity contribution in [3.8, 4) is 17.2 Å². The number of nitrogens with zero attached hydrogens (tertiary/aromatic N) is 1. The van der Waals surface area contributed by atoms with Crippen LogP contribution in [0.4, 0.5) is 0 Å². The molecule has 0 radical (unpaired) electrons. The molecule has 0 unspecified atom stereocenters. The monoisotopic (exact) mass is 461 g/mol. The Kier molecular flexibility index (Phi) is 5.96. The fraction of sp³-hybridized carbons (Fsp3) is 0.409. The first-order valence-corrected chi connectivity index (χ1v) is 10.5. The summed E-state index contributed by atoms with van der Waals surface area (Å²) < 4.78 is 23.7. The van der Waals surface area contributed by atoms with Crippen LogP contribution in [0.25, 0.3) is 0 Å². The number of β-lactam (4-membered cyclic amide) rings is 1. The Morgan fingerprint density at radius 1 is 1.14 bits per heavy atom. The molecule has 29 heavy (non-hydrogen) atoms. The molecular formula is C22H24BrNO5. The topological polar surface area (TPSA) is 57.2 Å². The quantitative estimate of drug-likeness (QED) is 0.583. The van der Waals surface area contributed by atoms with Gasteiger partial charge in [-0.15, -0.1) is 0 Å². The molecule has 4 rings (SSSR count). The molecule has 2 fully saturated rings. The third kappa shape index (κ3) is 4.07. The van der Waals surface area contributed by atoms with Crippen molar-refractivity contribution in [1.82, 2.24) is 4.90 Å². The summed E-state index contributed by atoms with van der Waals surface area (Å²) in [6.07, 6.45) is 1.44. The molecule has 0 aliphatic carbocycles. The van der Waals surface area contributed by atoms with Crippen molar-refractivity contribution in [2.75, 3.05) is 27.4 Å². The zero-order chi connectivity index (χ0) is 20.4. The minimum Gasteiger partial charge on any atom is -0.497 e. The van der Waals surface area contributed by atoms with Gasteiger partial charge < -0.3 is 23.8 Å². The first-order chi connectivity index (χ1) is 14.1. The lowest BCUT2D eigenvalue weighted by Gasteiger charge is -2.47. The van der Waals surface area contributed by atoms with E-state index in [2.05, 4.69) is 15.9 Å². The molecule has 0 spiro atoms. The highest BCUT2D eigenvalue weighted by molar-refractivity contribution is 9.10. The van der Waals surface area contributed by atoms with Gasteiger partial charge in [-0.2, -0.15) is 0 Å². The van der Waals surface area contributed by atoms with Gasteiger partial charge in [0.2, 0.25) is 6.10 Å². The normalized spacial score (nSPS) is 23.6. The van der Waals surface area contributed by atoms with Crippen LogP contribution in [-0.4, -0.2) is 50.4 Å². The highest BCUT2D eigenvalue weighted by Gasteiger charge is 2.52. The highest BCUT2D eigenvalue weighted by Crippen LogP contribution is 2.43. The van der Waals surface area contributed by atoms with Gasteiger partial charge in [-0.25, -0.2) is 0 Å². The minimum atomic E-state index is -0.618. The van der Waals surface area contributed by atoms with Gasteiger partial charge in [-0.1, -0.05) is 22.0 Å². The number of hydrogen-bond donors (Lipinski definition) is 0. The molecule has 6 nitrogen and oxygen atoms in total. The van der Waals surface area contributed by atoms with Crippen LogP contribution in [0.1, 0.15) is 24.4 Å². The second-order valence-electron chi connectivity index (χ2n) is 7.17. The van der Waals surface area contributed by atoms with Crippen LogP contribution in [-0.2, 0) is 9.53 Å². The first-order valence-electron chi connectivity index (χ1n) is 9.67. The molecule has 2 aliphatic heterocycles. The summed E-state index contributed by atoms with van der Waals surface area (Å²) in [4.78, 5) is 14.8. The molecule has 2 saturated heterocycles. The predicted molar refractivity (Wildman–Crippen MR) is 112 cm³/mol. The summed E-state index contributed by atoms with van der Waals surface area (Å²) in [6, 6.07) is 12.9. The Labute approximate surface area is 178 Å². The van der Waals surface area contributed by atoms with Gasteiger partial charge in [0.1, 0.15) is 23.3 Å². The van der Waals surface area contributed by atoms with E-state index in [1.54, 1.807) is 14.2 Å². The Morgan fingerprint density at radius 2 is 2.00 bits per heavy atom. The number of ether oxygens (including phenoxy) is 4. The zero-order valence-electron chi connectivity index (χ0n) is 16.5. The number of methoxy groups -OCH3 is 2. The van der Waals surface area contributed by atoms with Crippen molar-refractivity contribution in [1.29, 1.82) is 0 Å². The third-order valence-electron chi connectivity index (χ3n) is 5.39. The van der Waals surface area contributed by atoms with Crippen LogP contribution in [0.3, 0.4) is 0 Å². The van der Waals surface area contributed by atoms with Gasteiger partial charge >= 0.3 is 0 Å². The van der Waals surface area contributed by atoms with E-state index in [0.29, 0.717) is 23.8 Å². The van der Waals surface area contributed by atoms with E-state index in [-0.39, 0.29) is 18.1 Å². The number of carbonyl (C=O) groups is 1. The number of benzene rings is 2. The number of hydrogen-bond acceptors (Lipinski definition) is 5. The summed E-state index contributed by atoms with van der Waals surface area (Å²) in [6.45, 7) is 1.30. The average Bonchev–Trinajstić information content (AvgIpc) is 3.26. The molecule has 2 aromatic rings. The molecule has 0 N–H and O–H groups in total. The molecule has 1 amide bonds. The molecule has 7 heteroatoms. The Bertz CT molecular complexity index is 883. The number of halogens is 1. The lowest BCUT2D eigenvalue weighted by Crippen LogP contribution is -2.62. The largest absolute Gasteiger partial charge is 0.497 e. The van der Waals surface area contributed by atoms with Gasteiger partial charge in [0.25, 0.3) is 5.91 Å². The van der Waals surface area contributed by atoms with Gasteiger partial charge in [0.05, 0.1) is 20.3 Å². The summed E-state index contributed by atoms with van der Waals surface area (Å²) in [5, 5.41) is 0. The van der Waals surface area contributed by atoms with E-state index in [9.17, 15) is 4.79 Å². The number of amides is 1. The second kappa shape index (κ2) is 8.63. The van der Waals surface area contributed by atoms with Crippen LogP contribution in [0, 0.1) is 0 Å². The molecular weight excluding hydrogens is 438 g/mol. The molecule has 0 saturated carbocycles.